The molecule has 2 unspecified atom stereocenters. The lowest BCUT2D eigenvalue weighted by molar-refractivity contribution is 0.263. The van der Waals surface area contributed by atoms with Crippen LogP contribution >= 0.6 is 11.8 Å². The fourth-order valence-electron chi connectivity index (χ4n) is 3.36. The lowest BCUT2D eigenvalue weighted by Crippen LogP contribution is -2.40. The molecule has 0 amide bonds. The second kappa shape index (κ2) is 6.15. The van der Waals surface area contributed by atoms with Gasteiger partial charge in [-0.2, -0.15) is 11.8 Å². The number of rotatable bonds is 3. The standard InChI is InChI=1S/C13H25NS/c1-14-13(12-8-9-15-10-12)11-6-4-2-3-5-7-11/h11-14H,2-10H2,1H3. The van der Waals surface area contributed by atoms with Crippen LogP contribution in [0.25, 0.3) is 0 Å². The van der Waals surface area contributed by atoms with E-state index >= 15 is 0 Å². The molecule has 2 rings (SSSR count). The molecule has 1 heterocycles. The molecule has 0 radical (unpaired) electrons. The average molecular weight is 227 g/mol. The highest BCUT2D eigenvalue weighted by Crippen LogP contribution is 2.34. The number of nitrogens with one attached hydrogen (secondary N) is 1. The highest BCUT2D eigenvalue weighted by Gasteiger charge is 2.30. The summed E-state index contributed by atoms with van der Waals surface area (Å²) in [6, 6.07) is 0.818. The highest BCUT2D eigenvalue weighted by atomic mass is 32.2. The quantitative estimate of drug-likeness (QED) is 0.743. The van der Waals surface area contributed by atoms with Crippen molar-refractivity contribution in [2.24, 2.45) is 11.8 Å². The fourth-order valence-corrected chi connectivity index (χ4v) is 4.68. The van der Waals surface area contributed by atoms with E-state index in [0.29, 0.717) is 0 Å². The summed E-state index contributed by atoms with van der Waals surface area (Å²) in [5, 5.41) is 3.63. The first kappa shape index (κ1) is 11.8. The van der Waals surface area contributed by atoms with Gasteiger partial charge in [-0.1, -0.05) is 25.7 Å². The molecule has 2 fully saturated rings. The molecule has 2 aliphatic rings. The van der Waals surface area contributed by atoms with Crippen LogP contribution in [-0.2, 0) is 0 Å². The van der Waals surface area contributed by atoms with E-state index in [1.54, 1.807) is 0 Å². The maximum absolute atomic E-state index is 3.63. The third kappa shape index (κ3) is 3.13. The van der Waals surface area contributed by atoms with Crippen molar-refractivity contribution in [2.45, 2.75) is 51.0 Å². The molecule has 1 N–H and O–H groups in total. The third-order valence-electron chi connectivity index (χ3n) is 4.21. The predicted octanol–water partition coefficient (Wildman–Crippen LogP) is 3.30. The zero-order chi connectivity index (χ0) is 10.5. The summed E-state index contributed by atoms with van der Waals surface area (Å²) in [6.07, 6.45) is 10.3. The molecule has 15 heavy (non-hydrogen) atoms. The third-order valence-corrected chi connectivity index (χ3v) is 5.40. The Balaban J connectivity index is 1.91. The van der Waals surface area contributed by atoms with Crippen LogP contribution in [0.3, 0.4) is 0 Å². The molecule has 1 aliphatic heterocycles. The molecule has 1 nitrogen and oxygen atoms in total. The van der Waals surface area contributed by atoms with E-state index in [4.69, 9.17) is 0 Å². The van der Waals surface area contributed by atoms with Gasteiger partial charge in [0, 0.05) is 6.04 Å². The SMILES string of the molecule is CNC(C1CCCCCC1)C1CCSC1. The van der Waals surface area contributed by atoms with Gasteiger partial charge >= 0.3 is 0 Å². The van der Waals surface area contributed by atoms with Gasteiger partial charge in [0.15, 0.2) is 0 Å². The van der Waals surface area contributed by atoms with Gasteiger partial charge in [0.2, 0.25) is 0 Å². The molecule has 88 valence electrons. The Kier molecular flexibility index (Phi) is 4.83. The molecule has 1 saturated carbocycles. The minimum atomic E-state index is 0.818. The molecule has 0 spiro atoms. The number of thioether (sulfide) groups is 1. The van der Waals surface area contributed by atoms with Crippen molar-refractivity contribution in [3.8, 4) is 0 Å². The lowest BCUT2D eigenvalue weighted by Gasteiger charge is -2.30. The van der Waals surface area contributed by atoms with Crippen LogP contribution in [0, 0.1) is 11.8 Å². The largest absolute Gasteiger partial charge is 0.316 e. The van der Waals surface area contributed by atoms with Crippen LogP contribution in [0.2, 0.25) is 0 Å². The zero-order valence-electron chi connectivity index (χ0n) is 10.0. The second-order valence-corrected chi connectivity index (χ2v) is 6.34. The molecular formula is C13H25NS. The molecule has 1 aliphatic carbocycles. The summed E-state index contributed by atoms with van der Waals surface area (Å²) in [7, 11) is 2.18. The molecule has 1 saturated heterocycles. The maximum Gasteiger partial charge on any atom is 0.0129 e. The van der Waals surface area contributed by atoms with Crippen LogP contribution in [0.5, 0.6) is 0 Å². The predicted molar refractivity (Wildman–Crippen MR) is 69.5 cm³/mol. The first-order valence-corrected chi connectivity index (χ1v) is 7.82. The summed E-state index contributed by atoms with van der Waals surface area (Å²) < 4.78 is 0. The van der Waals surface area contributed by atoms with E-state index < -0.39 is 0 Å². The van der Waals surface area contributed by atoms with Crippen molar-refractivity contribution < 1.29 is 0 Å². The molecule has 2 heteroatoms. The molecule has 0 bridgehead atoms. The van der Waals surface area contributed by atoms with Crippen LogP contribution in [0.15, 0.2) is 0 Å². The Hall–Kier alpha value is 0.310. The van der Waals surface area contributed by atoms with Gasteiger partial charge in [-0.25, -0.2) is 0 Å². The summed E-state index contributed by atoms with van der Waals surface area (Å²) >= 11 is 2.16. The number of hydrogen-bond donors (Lipinski definition) is 1. The Morgan fingerprint density at radius 3 is 2.27 bits per heavy atom. The van der Waals surface area contributed by atoms with Crippen molar-refractivity contribution >= 4 is 11.8 Å². The maximum atomic E-state index is 3.63. The average Bonchev–Trinajstić information content (AvgIpc) is 2.63. The van der Waals surface area contributed by atoms with E-state index in [9.17, 15) is 0 Å². The van der Waals surface area contributed by atoms with Crippen molar-refractivity contribution in [3.63, 3.8) is 0 Å². The monoisotopic (exact) mass is 227 g/mol. The zero-order valence-corrected chi connectivity index (χ0v) is 10.8. The van der Waals surface area contributed by atoms with Crippen molar-refractivity contribution in [1.82, 2.24) is 5.32 Å². The van der Waals surface area contributed by atoms with Gasteiger partial charge < -0.3 is 5.32 Å². The Bertz CT molecular complexity index is 169. The highest BCUT2D eigenvalue weighted by molar-refractivity contribution is 7.99. The van der Waals surface area contributed by atoms with Gasteiger partial charge in [-0.3, -0.25) is 0 Å². The Labute approximate surface area is 98.8 Å². The minimum absolute atomic E-state index is 0.818. The topological polar surface area (TPSA) is 12.0 Å². The molecule has 0 aromatic heterocycles. The van der Waals surface area contributed by atoms with E-state index in [-0.39, 0.29) is 0 Å². The van der Waals surface area contributed by atoms with E-state index in [1.807, 2.05) is 0 Å². The lowest BCUT2D eigenvalue weighted by atomic mass is 9.83. The smallest absolute Gasteiger partial charge is 0.0129 e. The van der Waals surface area contributed by atoms with Gasteiger partial charge in [0.1, 0.15) is 0 Å². The van der Waals surface area contributed by atoms with Crippen LogP contribution in [0.1, 0.15) is 44.9 Å². The summed E-state index contributed by atoms with van der Waals surface area (Å²) in [6.45, 7) is 0. The van der Waals surface area contributed by atoms with E-state index in [1.165, 1.54) is 56.5 Å². The van der Waals surface area contributed by atoms with Crippen LogP contribution in [-0.4, -0.2) is 24.6 Å². The summed E-state index contributed by atoms with van der Waals surface area (Å²) in [4.78, 5) is 0. The minimum Gasteiger partial charge on any atom is -0.316 e. The first-order valence-electron chi connectivity index (χ1n) is 6.67. The summed E-state index contributed by atoms with van der Waals surface area (Å²) in [5.74, 6) is 4.74. The van der Waals surface area contributed by atoms with Gasteiger partial charge in [-0.15, -0.1) is 0 Å². The van der Waals surface area contributed by atoms with Crippen molar-refractivity contribution in [3.05, 3.63) is 0 Å². The first-order chi connectivity index (χ1) is 7.42. The Morgan fingerprint density at radius 1 is 1.00 bits per heavy atom. The van der Waals surface area contributed by atoms with Crippen molar-refractivity contribution in [2.75, 3.05) is 18.6 Å². The van der Waals surface area contributed by atoms with Crippen LogP contribution < -0.4 is 5.32 Å². The van der Waals surface area contributed by atoms with Crippen molar-refractivity contribution in [1.29, 1.82) is 0 Å². The van der Waals surface area contributed by atoms with E-state index in [2.05, 4.69) is 24.1 Å². The van der Waals surface area contributed by atoms with Crippen LogP contribution in [0.4, 0.5) is 0 Å². The van der Waals surface area contributed by atoms with Gasteiger partial charge in [0.25, 0.3) is 0 Å². The molecule has 2 atom stereocenters. The fraction of sp³-hybridized carbons (Fsp3) is 1.00. The van der Waals surface area contributed by atoms with E-state index in [0.717, 1.165) is 17.9 Å². The summed E-state index contributed by atoms with van der Waals surface area (Å²) in [5.41, 5.74) is 0. The number of hydrogen-bond acceptors (Lipinski definition) is 2. The second-order valence-electron chi connectivity index (χ2n) is 5.19. The molecule has 0 aromatic carbocycles. The molecule has 0 aromatic rings. The Morgan fingerprint density at radius 2 is 1.73 bits per heavy atom. The normalized spacial score (nSPS) is 31.4. The van der Waals surface area contributed by atoms with Gasteiger partial charge in [0.05, 0.1) is 0 Å². The molecular weight excluding hydrogens is 202 g/mol. The van der Waals surface area contributed by atoms with Gasteiger partial charge in [-0.05, 0) is 49.7 Å².